The molecule has 0 fully saturated rings. The number of hydrogen-bond donors (Lipinski definition) is 0. The highest BCUT2D eigenvalue weighted by Gasteiger charge is 2.20. The molecule has 3 aromatic rings. The van der Waals surface area contributed by atoms with E-state index in [0.29, 0.717) is 12.1 Å². The molecular weight excluding hydrogens is 340 g/mol. The Balaban J connectivity index is 2.10. The van der Waals surface area contributed by atoms with Gasteiger partial charge in [0.2, 0.25) is 0 Å². The van der Waals surface area contributed by atoms with Gasteiger partial charge >= 0.3 is 5.69 Å². The molecule has 5 nitrogen and oxygen atoms in total. The van der Waals surface area contributed by atoms with Crippen molar-refractivity contribution in [2.24, 2.45) is 14.1 Å². The molecule has 0 unspecified atom stereocenters. The zero-order chi connectivity index (χ0) is 19.4. The SMILES string of the molecule is Cn1c(Cc2ccccc2)c(C(=O)C=Cc2ccccc2)c(=O)n(C)c1=O. The highest BCUT2D eigenvalue weighted by Crippen LogP contribution is 2.12. The van der Waals surface area contributed by atoms with Crippen molar-refractivity contribution in [1.29, 1.82) is 0 Å². The first-order valence-electron chi connectivity index (χ1n) is 8.59. The molecular formula is C22H20N2O3. The molecule has 0 radical (unpaired) electrons. The van der Waals surface area contributed by atoms with Crippen LogP contribution in [0, 0.1) is 0 Å². The molecule has 1 aromatic heterocycles. The Morgan fingerprint density at radius 3 is 2.11 bits per heavy atom. The van der Waals surface area contributed by atoms with Gasteiger partial charge in [0.25, 0.3) is 5.56 Å². The Labute approximate surface area is 156 Å². The monoisotopic (exact) mass is 360 g/mol. The van der Waals surface area contributed by atoms with Gasteiger partial charge in [0.1, 0.15) is 5.56 Å². The van der Waals surface area contributed by atoms with Crippen molar-refractivity contribution in [3.63, 3.8) is 0 Å². The molecule has 3 rings (SSSR count). The fraction of sp³-hybridized carbons (Fsp3) is 0.136. The number of allylic oxidation sites excluding steroid dienone is 1. The van der Waals surface area contributed by atoms with Crippen LogP contribution in [0.2, 0.25) is 0 Å². The minimum Gasteiger partial charge on any atom is -0.300 e. The molecule has 0 N–H and O–H groups in total. The lowest BCUT2D eigenvalue weighted by molar-refractivity contribution is 0.104. The molecule has 0 aliphatic carbocycles. The molecule has 0 bridgehead atoms. The van der Waals surface area contributed by atoms with Crippen LogP contribution in [0.15, 0.2) is 76.3 Å². The third-order valence-corrected chi connectivity index (χ3v) is 4.47. The summed E-state index contributed by atoms with van der Waals surface area (Å²) in [7, 11) is 2.96. The Kier molecular flexibility index (Phi) is 5.31. The average molecular weight is 360 g/mol. The number of nitrogens with zero attached hydrogens (tertiary/aromatic N) is 2. The normalized spacial score (nSPS) is 11.0. The van der Waals surface area contributed by atoms with E-state index in [4.69, 9.17) is 0 Å². The lowest BCUT2D eigenvalue weighted by Gasteiger charge is -2.14. The predicted molar refractivity (Wildman–Crippen MR) is 106 cm³/mol. The summed E-state index contributed by atoms with van der Waals surface area (Å²) >= 11 is 0. The molecule has 136 valence electrons. The van der Waals surface area contributed by atoms with Crippen molar-refractivity contribution in [3.05, 3.63) is 110 Å². The van der Waals surface area contributed by atoms with Crippen molar-refractivity contribution >= 4 is 11.9 Å². The summed E-state index contributed by atoms with van der Waals surface area (Å²) in [6, 6.07) is 18.8. The smallest absolute Gasteiger partial charge is 0.300 e. The van der Waals surface area contributed by atoms with Crippen LogP contribution in [0.3, 0.4) is 0 Å². The lowest BCUT2D eigenvalue weighted by atomic mass is 10.0. The van der Waals surface area contributed by atoms with E-state index in [0.717, 1.165) is 15.7 Å². The maximum absolute atomic E-state index is 12.9. The van der Waals surface area contributed by atoms with Crippen LogP contribution >= 0.6 is 0 Å². The largest absolute Gasteiger partial charge is 0.330 e. The molecule has 0 saturated carbocycles. The van der Waals surface area contributed by atoms with Crippen molar-refractivity contribution in [3.8, 4) is 0 Å². The van der Waals surface area contributed by atoms with Gasteiger partial charge in [-0.1, -0.05) is 66.7 Å². The molecule has 0 aliphatic rings. The van der Waals surface area contributed by atoms with Crippen molar-refractivity contribution in [2.75, 3.05) is 0 Å². The van der Waals surface area contributed by atoms with Crippen molar-refractivity contribution in [1.82, 2.24) is 9.13 Å². The topological polar surface area (TPSA) is 61.1 Å². The zero-order valence-electron chi connectivity index (χ0n) is 15.3. The molecule has 27 heavy (non-hydrogen) atoms. The summed E-state index contributed by atoms with van der Waals surface area (Å²) in [6.07, 6.45) is 3.37. The van der Waals surface area contributed by atoms with Crippen molar-refractivity contribution in [2.45, 2.75) is 6.42 Å². The van der Waals surface area contributed by atoms with E-state index in [9.17, 15) is 14.4 Å². The summed E-state index contributed by atoms with van der Waals surface area (Å²) in [5.74, 6) is -0.416. The second-order valence-corrected chi connectivity index (χ2v) is 6.30. The van der Waals surface area contributed by atoms with E-state index < -0.39 is 17.0 Å². The number of hydrogen-bond acceptors (Lipinski definition) is 3. The molecule has 0 spiro atoms. The van der Waals surface area contributed by atoms with Crippen LogP contribution in [0.25, 0.3) is 6.08 Å². The van der Waals surface area contributed by atoms with Crippen LogP contribution in [-0.2, 0) is 20.5 Å². The summed E-state index contributed by atoms with van der Waals surface area (Å²) < 4.78 is 2.34. The van der Waals surface area contributed by atoms with Crippen LogP contribution in [0.4, 0.5) is 0 Å². The maximum Gasteiger partial charge on any atom is 0.330 e. The van der Waals surface area contributed by atoms with E-state index in [-0.39, 0.29) is 5.56 Å². The van der Waals surface area contributed by atoms with Gasteiger partial charge < -0.3 is 0 Å². The second-order valence-electron chi connectivity index (χ2n) is 6.30. The van der Waals surface area contributed by atoms with E-state index in [2.05, 4.69) is 0 Å². The highest BCUT2D eigenvalue weighted by atomic mass is 16.2. The standard InChI is InChI=1S/C22H20N2O3/c1-23-18(15-17-11-7-4-8-12-17)20(21(26)24(2)22(23)27)19(25)14-13-16-9-5-3-6-10-16/h3-14H,15H2,1-2H3. The first kappa shape index (κ1) is 18.3. The van der Waals surface area contributed by atoms with Gasteiger partial charge in [-0.2, -0.15) is 0 Å². The van der Waals surface area contributed by atoms with Crippen LogP contribution in [0.5, 0.6) is 0 Å². The quantitative estimate of drug-likeness (QED) is 0.519. The van der Waals surface area contributed by atoms with E-state index in [1.807, 2.05) is 60.7 Å². The Bertz CT molecular complexity index is 1110. The predicted octanol–water partition coefficient (Wildman–Crippen LogP) is 2.57. The molecule has 5 heteroatoms. The Morgan fingerprint density at radius 2 is 1.48 bits per heavy atom. The molecule has 2 aromatic carbocycles. The minimum atomic E-state index is -0.577. The molecule has 0 amide bonds. The third kappa shape index (κ3) is 3.87. The highest BCUT2D eigenvalue weighted by molar-refractivity contribution is 6.07. The number of benzene rings is 2. The van der Waals surface area contributed by atoms with E-state index in [1.165, 1.54) is 17.7 Å². The number of ketones is 1. The van der Waals surface area contributed by atoms with Crippen LogP contribution in [0.1, 0.15) is 27.2 Å². The van der Waals surface area contributed by atoms with Gasteiger partial charge in [-0.15, -0.1) is 0 Å². The second kappa shape index (κ2) is 7.83. The average Bonchev–Trinajstić information content (AvgIpc) is 2.70. The molecule has 1 heterocycles. The van der Waals surface area contributed by atoms with Gasteiger partial charge in [-0.05, 0) is 17.2 Å². The Hall–Kier alpha value is -3.47. The summed E-state index contributed by atoms with van der Waals surface area (Å²) in [4.78, 5) is 37.9. The first-order chi connectivity index (χ1) is 13.0. The molecule has 0 saturated heterocycles. The summed E-state index contributed by atoms with van der Waals surface area (Å²) in [5, 5.41) is 0. The fourth-order valence-electron chi connectivity index (χ4n) is 2.95. The first-order valence-corrected chi connectivity index (χ1v) is 8.59. The van der Waals surface area contributed by atoms with Gasteiger partial charge in [0.05, 0.1) is 0 Å². The number of aromatic nitrogens is 2. The lowest BCUT2D eigenvalue weighted by Crippen LogP contribution is -2.42. The van der Waals surface area contributed by atoms with Crippen LogP contribution < -0.4 is 11.2 Å². The molecule has 0 aliphatic heterocycles. The summed E-state index contributed by atoms with van der Waals surface area (Å²) in [6.45, 7) is 0. The van der Waals surface area contributed by atoms with E-state index in [1.54, 1.807) is 13.1 Å². The number of carbonyl (C=O) groups is 1. The van der Waals surface area contributed by atoms with Crippen molar-refractivity contribution < 1.29 is 4.79 Å². The van der Waals surface area contributed by atoms with Gasteiger partial charge in [-0.3, -0.25) is 18.7 Å². The number of rotatable bonds is 5. The van der Waals surface area contributed by atoms with E-state index >= 15 is 0 Å². The minimum absolute atomic E-state index is 0.0237. The van der Waals surface area contributed by atoms with Gasteiger partial charge in [-0.25, -0.2) is 4.79 Å². The number of carbonyl (C=O) groups excluding carboxylic acids is 1. The van der Waals surface area contributed by atoms with Gasteiger partial charge in [0.15, 0.2) is 5.78 Å². The van der Waals surface area contributed by atoms with Crippen LogP contribution in [-0.4, -0.2) is 14.9 Å². The van der Waals surface area contributed by atoms with Gasteiger partial charge in [0, 0.05) is 26.2 Å². The zero-order valence-corrected chi connectivity index (χ0v) is 15.3. The third-order valence-electron chi connectivity index (χ3n) is 4.47. The maximum atomic E-state index is 12.9. The molecule has 0 atom stereocenters. The fourth-order valence-corrected chi connectivity index (χ4v) is 2.95. The summed E-state index contributed by atoms with van der Waals surface area (Å²) in [5.41, 5.74) is 1.19. The Morgan fingerprint density at radius 1 is 0.889 bits per heavy atom.